The largest absolute Gasteiger partial charge is 0.498 e. The first-order chi connectivity index (χ1) is 17.2. The molecule has 2 atom stereocenters. The van der Waals surface area contributed by atoms with Crippen LogP contribution in [0.25, 0.3) is 0 Å². The molecular formula is C26H20BrN5O3S. The number of ether oxygens (including phenoxy) is 1. The standard InChI is InChI=1S/C26H20BrN5O3S/c1-2-35-22-12-25(14-28,15-29)26(16-30,17-31)21-13-32(24(23(21)22)18-6-4-3-5-7-18)36(33,34)20-10-8-19(27)9-11-20/h3-11,21,24H,2,12-13H2,1H3/t21-,24+/m1/s1. The summed E-state index contributed by atoms with van der Waals surface area (Å²) < 4.78 is 35.8. The maximum absolute atomic E-state index is 14.0. The van der Waals surface area contributed by atoms with Gasteiger partial charge in [0, 0.05) is 23.4 Å². The first-order valence-electron chi connectivity index (χ1n) is 11.1. The Labute approximate surface area is 218 Å². The Balaban J connectivity index is 2.05. The maximum Gasteiger partial charge on any atom is 0.243 e. The van der Waals surface area contributed by atoms with Gasteiger partial charge in [0.05, 0.1) is 41.8 Å². The van der Waals surface area contributed by atoms with Crippen LogP contribution in [0.1, 0.15) is 24.9 Å². The Hall–Kier alpha value is -3.67. The van der Waals surface area contributed by atoms with Crippen molar-refractivity contribution in [1.82, 2.24) is 4.31 Å². The summed E-state index contributed by atoms with van der Waals surface area (Å²) in [7, 11) is -4.13. The average molecular weight is 562 g/mol. The number of benzene rings is 2. The van der Waals surface area contributed by atoms with Gasteiger partial charge in [0.1, 0.15) is 5.76 Å². The average Bonchev–Trinajstić information content (AvgIpc) is 3.32. The summed E-state index contributed by atoms with van der Waals surface area (Å²) in [5.74, 6) is -0.786. The zero-order valence-corrected chi connectivity index (χ0v) is 21.6. The van der Waals surface area contributed by atoms with Gasteiger partial charge in [-0.1, -0.05) is 46.3 Å². The van der Waals surface area contributed by atoms with Crippen LogP contribution in [0.3, 0.4) is 0 Å². The molecule has 10 heteroatoms. The second kappa shape index (κ2) is 9.41. The molecule has 0 unspecified atom stereocenters. The molecule has 0 bridgehead atoms. The van der Waals surface area contributed by atoms with Gasteiger partial charge in [0.15, 0.2) is 10.8 Å². The van der Waals surface area contributed by atoms with E-state index in [9.17, 15) is 29.5 Å². The van der Waals surface area contributed by atoms with Crippen LogP contribution in [-0.2, 0) is 14.8 Å². The highest BCUT2D eigenvalue weighted by atomic mass is 79.9. The number of sulfonamides is 1. The molecule has 2 aromatic rings. The number of rotatable bonds is 5. The van der Waals surface area contributed by atoms with Crippen molar-refractivity contribution < 1.29 is 13.2 Å². The number of allylic oxidation sites excluding steroid dienone is 1. The van der Waals surface area contributed by atoms with E-state index < -0.39 is 32.8 Å². The molecule has 36 heavy (non-hydrogen) atoms. The third kappa shape index (κ3) is 3.58. The molecule has 0 spiro atoms. The van der Waals surface area contributed by atoms with Gasteiger partial charge in [-0.25, -0.2) is 8.42 Å². The van der Waals surface area contributed by atoms with E-state index in [1.165, 1.54) is 16.4 Å². The van der Waals surface area contributed by atoms with E-state index in [4.69, 9.17) is 4.74 Å². The lowest BCUT2D eigenvalue weighted by Gasteiger charge is -2.41. The van der Waals surface area contributed by atoms with Gasteiger partial charge in [0.25, 0.3) is 0 Å². The van der Waals surface area contributed by atoms with Gasteiger partial charge in [0.2, 0.25) is 10.0 Å². The molecule has 8 nitrogen and oxygen atoms in total. The molecule has 1 saturated heterocycles. The van der Waals surface area contributed by atoms with Crippen molar-refractivity contribution in [3.63, 3.8) is 0 Å². The summed E-state index contributed by atoms with van der Waals surface area (Å²) in [5, 5.41) is 40.7. The summed E-state index contributed by atoms with van der Waals surface area (Å²) in [5.41, 5.74) is -3.08. The third-order valence-corrected chi connectivity index (χ3v) is 9.23. The lowest BCUT2D eigenvalue weighted by Crippen LogP contribution is -2.49. The third-order valence-electron chi connectivity index (χ3n) is 6.85. The fraction of sp³-hybridized carbons (Fsp3) is 0.308. The van der Waals surface area contributed by atoms with Gasteiger partial charge < -0.3 is 4.74 Å². The quantitative estimate of drug-likeness (QED) is 0.520. The van der Waals surface area contributed by atoms with E-state index in [0.717, 1.165) is 0 Å². The molecule has 1 aliphatic carbocycles. The lowest BCUT2D eigenvalue weighted by molar-refractivity contribution is 0.128. The van der Waals surface area contributed by atoms with Crippen molar-refractivity contribution in [3.05, 3.63) is 76.0 Å². The fourth-order valence-electron chi connectivity index (χ4n) is 5.15. The monoisotopic (exact) mass is 561 g/mol. The minimum atomic E-state index is -4.13. The predicted octanol–water partition coefficient (Wildman–Crippen LogP) is 4.57. The van der Waals surface area contributed by atoms with Crippen molar-refractivity contribution in [3.8, 4) is 24.3 Å². The Bertz CT molecular complexity index is 1460. The molecule has 1 fully saturated rings. The smallest absolute Gasteiger partial charge is 0.243 e. The van der Waals surface area contributed by atoms with E-state index in [1.807, 2.05) is 24.3 Å². The van der Waals surface area contributed by atoms with Crippen LogP contribution < -0.4 is 0 Å². The van der Waals surface area contributed by atoms with Crippen LogP contribution in [0.2, 0.25) is 0 Å². The van der Waals surface area contributed by atoms with Crippen molar-refractivity contribution in [1.29, 1.82) is 21.0 Å². The molecule has 0 radical (unpaired) electrons. The van der Waals surface area contributed by atoms with Crippen LogP contribution in [0.4, 0.5) is 0 Å². The second-order valence-corrected chi connectivity index (χ2v) is 11.3. The van der Waals surface area contributed by atoms with Crippen LogP contribution in [-0.4, -0.2) is 25.9 Å². The number of hydrogen-bond acceptors (Lipinski definition) is 7. The summed E-state index contributed by atoms with van der Waals surface area (Å²) in [4.78, 5) is 0.0372. The van der Waals surface area contributed by atoms with E-state index >= 15 is 0 Å². The molecule has 1 heterocycles. The second-order valence-electron chi connectivity index (χ2n) is 8.54. The SMILES string of the molecule is CCOC1=C2[C@H](c3ccccc3)N(S(=O)(=O)c3ccc(Br)cc3)C[C@H]2C(C#N)(C#N)C(C#N)(C#N)C1. The Morgan fingerprint density at radius 1 is 1.00 bits per heavy atom. The number of hydrogen-bond donors (Lipinski definition) is 0. The van der Waals surface area contributed by atoms with Crippen molar-refractivity contribution >= 4 is 26.0 Å². The van der Waals surface area contributed by atoms with Gasteiger partial charge >= 0.3 is 0 Å². The van der Waals surface area contributed by atoms with Crippen molar-refractivity contribution in [2.75, 3.05) is 13.2 Å². The Morgan fingerprint density at radius 3 is 2.14 bits per heavy atom. The normalized spacial score (nSPS) is 22.4. The number of halogens is 1. The van der Waals surface area contributed by atoms with Crippen LogP contribution >= 0.6 is 15.9 Å². The van der Waals surface area contributed by atoms with Gasteiger partial charge in [-0.15, -0.1) is 0 Å². The van der Waals surface area contributed by atoms with Gasteiger partial charge in [-0.3, -0.25) is 0 Å². The zero-order chi connectivity index (χ0) is 26.1. The molecule has 0 aromatic heterocycles. The van der Waals surface area contributed by atoms with E-state index in [2.05, 4.69) is 15.9 Å². The highest BCUT2D eigenvalue weighted by molar-refractivity contribution is 9.10. The highest BCUT2D eigenvalue weighted by Gasteiger charge is 2.68. The molecule has 0 amide bonds. The molecule has 0 N–H and O–H groups in total. The van der Waals surface area contributed by atoms with Gasteiger partial charge in [-0.2, -0.15) is 25.4 Å². The fourth-order valence-corrected chi connectivity index (χ4v) is 7.02. The lowest BCUT2D eigenvalue weighted by atomic mass is 9.53. The van der Waals surface area contributed by atoms with E-state index in [1.54, 1.807) is 49.4 Å². The maximum atomic E-state index is 14.0. The first-order valence-corrected chi connectivity index (χ1v) is 13.3. The predicted molar refractivity (Wildman–Crippen MR) is 131 cm³/mol. The molecule has 2 aliphatic rings. The summed E-state index contributed by atoms with van der Waals surface area (Å²) in [6, 6.07) is 21.9. The molecule has 2 aromatic carbocycles. The minimum Gasteiger partial charge on any atom is -0.498 e. The molecule has 4 rings (SSSR count). The molecule has 180 valence electrons. The zero-order valence-electron chi connectivity index (χ0n) is 19.2. The Kier molecular flexibility index (Phi) is 6.65. The first kappa shape index (κ1) is 25.4. The van der Waals surface area contributed by atoms with Crippen LogP contribution in [0.5, 0.6) is 0 Å². The van der Waals surface area contributed by atoms with Crippen LogP contribution in [0.15, 0.2) is 75.3 Å². The van der Waals surface area contributed by atoms with Gasteiger partial charge in [-0.05, 0) is 42.3 Å². The summed E-state index contributed by atoms with van der Waals surface area (Å²) in [6.07, 6.45) is -0.295. The Morgan fingerprint density at radius 2 is 1.61 bits per heavy atom. The topological polar surface area (TPSA) is 142 Å². The number of nitriles is 4. The number of nitrogens with zero attached hydrogens (tertiary/aromatic N) is 5. The molecule has 1 aliphatic heterocycles. The number of fused-ring (bicyclic) bond motifs is 1. The highest BCUT2D eigenvalue weighted by Crippen LogP contribution is 2.61. The molecular weight excluding hydrogens is 542 g/mol. The summed E-state index contributed by atoms with van der Waals surface area (Å²) in [6.45, 7) is 1.67. The van der Waals surface area contributed by atoms with Crippen molar-refractivity contribution in [2.24, 2.45) is 16.7 Å². The van der Waals surface area contributed by atoms with E-state index in [-0.39, 0.29) is 30.2 Å². The van der Waals surface area contributed by atoms with Crippen LogP contribution in [0, 0.1) is 62.1 Å². The minimum absolute atomic E-state index is 0.0372. The van der Waals surface area contributed by atoms with E-state index in [0.29, 0.717) is 15.6 Å². The molecule has 0 saturated carbocycles. The van der Waals surface area contributed by atoms with Crippen molar-refractivity contribution in [2.45, 2.75) is 24.3 Å². The summed E-state index contributed by atoms with van der Waals surface area (Å²) >= 11 is 3.32.